The Labute approximate surface area is 181 Å². The zero-order chi connectivity index (χ0) is 22.0. The molecular weight excluding hydrogens is 419 g/mol. The van der Waals surface area contributed by atoms with Gasteiger partial charge in [-0.25, -0.2) is 4.39 Å². The van der Waals surface area contributed by atoms with Gasteiger partial charge in [-0.2, -0.15) is 8.42 Å². The van der Waals surface area contributed by atoms with Crippen LogP contribution in [0.2, 0.25) is 0 Å². The zero-order valence-electron chi connectivity index (χ0n) is 17.3. The lowest BCUT2D eigenvalue weighted by molar-refractivity contribution is -0.126. The number of hydrogen-bond donors (Lipinski definition) is 2. The molecule has 1 amide bonds. The number of halogens is 1. The number of piperidine rings is 1. The van der Waals surface area contributed by atoms with Crippen molar-refractivity contribution in [2.75, 3.05) is 25.0 Å². The van der Waals surface area contributed by atoms with Gasteiger partial charge in [-0.1, -0.05) is 24.3 Å². The maximum atomic E-state index is 13.7. The molecule has 1 fully saturated rings. The van der Waals surface area contributed by atoms with Gasteiger partial charge in [0, 0.05) is 12.5 Å². The molecule has 2 heterocycles. The van der Waals surface area contributed by atoms with Crippen LogP contribution in [0.3, 0.4) is 0 Å². The average molecular weight is 445 g/mol. The summed E-state index contributed by atoms with van der Waals surface area (Å²) in [6.45, 7) is 3.71. The number of amides is 1. The van der Waals surface area contributed by atoms with Gasteiger partial charge in [0.1, 0.15) is 16.5 Å². The van der Waals surface area contributed by atoms with Gasteiger partial charge in [-0.05, 0) is 62.2 Å². The minimum atomic E-state index is -3.70. The average Bonchev–Trinajstić information content (AvgIpc) is 2.74. The molecule has 0 spiro atoms. The molecule has 0 bridgehead atoms. The van der Waals surface area contributed by atoms with E-state index in [2.05, 4.69) is 19.9 Å². The van der Waals surface area contributed by atoms with Crippen molar-refractivity contribution in [3.05, 3.63) is 59.4 Å². The van der Waals surface area contributed by atoms with E-state index in [1.807, 2.05) is 6.07 Å². The topological polar surface area (TPSA) is 90.9 Å². The summed E-state index contributed by atoms with van der Waals surface area (Å²) in [6, 6.07) is 11.7. The van der Waals surface area contributed by atoms with E-state index in [1.165, 1.54) is 12.1 Å². The summed E-state index contributed by atoms with van der Waals surface area (Å²) in [6.07, 6.45) is 1.34. The Kier molecular flexibility index (Phi) is 6.06. The molecule has 2 N–H and O–H groups in total. The Balaban J connectivity index is 1.28. The standard InChI is InChI=1S/C22H25FN4O3S/c1-15-6-7-16(12-18(15)23)13-24-22(28)17-8-10-27(11-9-17)14-21-25-19-4-2-3-5-20(19)31(29,30)26-21/h2-7,12,17H,8-11,13-14H2,1H3,(H,24,28)(H,25,26). The minimum Gasteiger partial charge on any atom is -0.352 e. The summed E-state index contributed by atoms with van der Waals surface area (Å²) >= 11 is 0. The molecule has 1 saturated heterocycles. The highest BCUT2D eigenvalue weighted by atomic mass is 32.2. The number of hydrogen-bond acceptors (Lipinski definition) is 5. The Hall–Kier alpha value is -2.78. The summed E-state index contributed by atoms with van der Waals surface area (Å²) in [7, 11) is -3.70. The predicted octanol–water partition coefficient (Wildman–Crippen LogP) is 2.68. The van der Waals surface area contributed by atoms with Crippen molar-refractivity contribution in [3.8, 4) is 0 Å². The van der Waals surface area contributed by atoms with Crippen LogP contribution in [0.4, 0.5) is 10.1 Å². The van der Waals surface area contributed by atoms with E-state index in [1.54, 1.807) is 31.2 Å². The van der Waals surface area contributed by atoms with Crippen molar-refractivity contribution in [1.29, 1.82) is 0 Å². The van der Waals surface area contributed by atoms with Gasteiger partial charge in [0.25, 0.3) is 10.0 Å². The normalized spacial score (nSPS) is 18.6. The molecule has 31 heavy (non-hydrogen) atoms. The Morgan fingerprint density at radius 2 is 1.97 bits per heavy atom. The lowest BCUT2D eigenvalue weighted by Gasteiger charge is -2.32. The molecule has 0 radical (unpaired) electrons. The number of carbonyl (C=O) groups is 1. The lowest BCUT2D eigenvalue weighted by Crippen LogP contribution is -2.43. The highest BCUT2D eigenvalue weighted by Crippen LogP contribution is 2.27. The van der Waals surface area contributed by atoms with E-state index in [0.717, 1.165) is 5.56 Å². The number of para-hydroxylation sites is 1. The Morgan fingerprint density at radius 1 is 1.23 bits per heavy atom. The van der Waals surface area contributed by atoms with Crippen molar-refractivity contribution in [3.63, 3.8) is 0 Å². The first-order valence-corrected chi connectivity index (χ1v) is 11.7. The molecule has 0 aliphatic carbocycles. The molecule has 0 atom stereocenters. The van der Waals surface area contributed by atoms with Crippen LogP contribution in [0.25, 0.3) is 0 Å². The fourth-order valence-corrected chi connectivity index (χ4v) is 5.02. The molecule has 2 aromatic rings. The number of amidine groups is 1. The largest absolute Gasteiger partial charge is 0.352 e. The summed E-state index contributed by atoms with van der Waals surface area (Å²) in [4.78, 5) is 14.8. The van der Waals surface area contributed by atoms with Gasteiger partial charge in [0.2, 0.25) is 5.91 Å². The molecule has 4 rings (SSSR count). The van der Waals surface area contributed by atoms with Crippen molar-refractivity contribution >= 4 is 27.5 Å². The number of carbonyl (C=O) groups excluding carboxylic acids is 1. The second-order valence-corrected chi connectivity index (χ2v) is 9.56. The van der Waals surface area contributed by atoms with Crippen LogP contribution in [0, 0.1) is 18.7 Å². The van der Waals surface area contributed by atoms with E-state index >= 15 is 0 Å². The van der Waals surface area contributed by atoms with E-state index in [4.69, 9.17) is 0 Å². The van der Waals surface area contributed by atoms with Crippen LogP contribution in [0.1, 0.15) is 24.0 Å². The van der Waals surface area contributed by atoms with E-state index < -0.39 is 10.0 Å². The van der Waals surface area contributed by atoms with Crippen LogP contribution in [0.15, 0.2) is 51.8 Å². The van der Waals surface area contributed by atoms with Gasteiger partial charge >= 0.3 is 0 Å². The number of rotatable bonds is 5. The maximum absolute atomic E-state index is 13.7. The first-order valence-electron chi connectivity index (χ1n) is 10.3. The van der Waals surface area contributed by atoms with E-state index in [9.17, 15) is 17.6 Å². The summed E-state index contributed by atoms with van der Waals surface area (Å²) in [5.74, 6) is -0.0329. The molecule has 164 valence electrons. The highest BCUT2D eigenvalue weighted by molar-refractivity contribution is 7.90. The van der Waals surface area contributed by atoms with Crippen LogP contribution >= 0.6 is 0 Å². The monoisotopic (exact) mass is 444 g/mol. The number of aryl methyl sites for hydroxylation is 1. The molecule has 0 saturated carbocycles. The Morgan fingerprint density at radius 3 is 2.71 bits per heavy atom. The first kappa shape index (κ1) is 21.5. The third-order valence-corrected chi connectivity index (χ3v) is 7.08. The molecule has 0 aromatic heterocycles. The number of anilines is 1. The van der Waals surface area contributed by atoms with Crippen molar-refractivity contribution in [2.24, 2.45) is 10.3 Å². The van der Waals surface area contributed by atoms with Crippen LogP contribution < -0.4 is 10.6 Å². The fraction of sp³-hybridized carbons (Fsp3) is 0.364. The number of nitrogens with one attached hydrogen (secondary N) is 2. The van der Waals surface area contributed by atoms with Crippen molar-refractivity contribution in [2.45, 2.75) is 31.2 Å². The quantitative estimate of drug-likeness (QED) is 0.740. The van der Waals surface area contributed by atoms with Crippen LogP contribution in [0.5, 0.6) is 0 Å². The number of nitrogens with zero attached hydrogens (tertiary/aromatic N) is 2. The zero-order valence-corrected chi connectivity index (χ0v) is 18.1. The molecule has 2 aliphatic rings. The predicted molar refractivity (Wildman–Crippen MR) is 117 cm³/mol. The first-order chi connectivity index (χ1) is 14.8. The molecule has 7 nitrogen and oxygen atoms in total. The summed E-state index contributed by atoms with van der Waals surface area (Å²) < 4.78 is 42.3. The van der Waals surface area contributed by atoms with E-state index in [-0.39, 0.29) is 22.5 Å². The Bertz CT molecular complexity index is 1130. The molecule has 9 heteroatoms. The van der Waals surface area contributed by atoms with Gasteiger partial charge in [-0.3, -0.25) is 9.69 Å². The highest BCUT2D eigenvalue weighted by Gasteiger charge is 2.28. The number of fused-ring (bicyclic) bond motifs is 1. The second kappa shape index (κ2) is 8.76. The van der Waals surface area contributed by atoms with Gasteiger partial charge in [-0.15, -0.1) is 4.40 Å². The minimum absolute atomic E-state index is 0.0368. The van der Waals surface area contributed by atoms with Crippen molar-refractivity contribution in [1.82, 2.24) is 10.2 Å². The van der Waals surface area contributed by atoms with Crippen molar-refractivity contribution < 1.29 is 17.6 Å². The number of likely N-dealkylation sites (tertiary alicyclic amines) is 1. The second-order valence-electron chi connectivity index (χ2n) is 7.99. The lowest BCUT2D eigenvalue weighted by atomic mass is 9.95. The van der Waals surface area contributed by atoms with Gasteiger partial charge in [0.15, 0.2) is 0 Å². The summed E-state index contributed by atoms with van der Waals surface area (Å²) in [5.41, 5.74) is 1.85. The van der Waals surface area contributed by atoms with Gasteiger partial charge in [0.05, 0.1) is 12.2 Å². The van der Waals surface area contributed by atoms with Crippen LogP contribution in [-0.2, 0) is 21.4 Å². The molecule has 2 aromatic carbocycles. The summed E-state index contributed by atoms with van der Waals surface area (Å²) in [5, 5.41) is 5.99. The third kappa shape index (κ3) is 4.94. The number of benzene rings is 2. The third-order valence-electron chi connectivity index (χ3n) is 5.71. The molecule has 2 aliphatic heterocycles. The van der Waals surface area contributed by atoms with E-state index in [0.29, 0.717) is 56.1 Å². The smallest absolute Gasteiger partial charge is 0.286 e. The van der Waals surface area contributed by atoms with Crippen LogP contribution in [-0.4, -0.2) is 44.7 Å². The molecule has 0 unspecified atom stereocenters. The van der Waals surface area contributed by atoms with Gasteiger partial charge < -0.3 is 10.6 Å². The fourth-order valence-electron chi connectivity index (χ4n) is 3.88. The SMILES string of the molecule is Cc1ccc(CNC(=O)C2CCN(CC3=NS(=O)(=O)c4ccccc4N3)CC2)cc1F. The molecular formula is C22H25FN4O3S. The maximum Gasteiger partial charge on any atom is 0.286 e. The number of sulfonamides is 1.